The molecule has 0 aliphatic heterocycles. The van der Waals surface area contributed by atoms with E-state index in [1.54, 1.807) is 11.1 Å². The van der Waals surface area contributed by atoms with E-state index in [0.29, 0.717) is 0 Å². The Balaban J connectivity index is 2.72. The number of hydrogen-bond donors (Lipinski definition) is 0. The second-order valence-corrected chi connectivity index (χ2v) is 4.61. The summed E-state index contributed by atoms with van der Waals surface area (Å²) in [4.78, 5) is 0. The quantitative estimate of drug-likeness (QED) is 0.604. The van der Waals surface area contributed by atoms with Crippen LogP contribution in [0.1, 0.15) is 53.4 Å². The fourth-order valence-corrected chi connectivity index (χ4v) is 2.38. The highest BCUT2D eigenvalue weighted by Crippen LogP contribution is 2.31. The monoisotopic (exact) mass is 192 g/mol. The molecule has 0 saturated heterocycles. The average Bonchev–Trinajstić information content (AvgIpc) is 2.17. The summed E-state index contributed by atoms with van der Waals surface area (Å²) >= 11 is 0. The predicted molar refractivity (Wildman–Crippen MR) is 64.3 cm³/mol. The summed E-state index contributed by atoms with van der Waals surface area (Å²) in [6.07, 6.45) is 10.0. The van der Waals surface area contributed by atoms with Crippen LogP contribution in [0.2, 0.25) is 0 Å². The van der Waals surface area contributed by atoms with Crippen molar-refractivity contribution in [1.29, 1.82) is 0 Å². The molecule has 2 atom stereocenters. The SMILES string of the molecule is CCCC(C)C1=CCC(C)C=C1CC. The first-order valence-electron chi connectivity index (χ1n) is 6.10. The van der Waals surface area contributed by atoms with Gasteiger partial charge in [-0.05, 0) is 42.2 Å². The molecule has 0 saturated carbocycles. The van der Waals surface area contributed by atoms with Gasteiger partial charge in [0.25, 0.3) is 0 Å². The summed E-state index contributed by atoms with van der Waals surface area (Å²) in [6, 6.07) is 0. The number of hydrogen-bond acceptors (Lipinski definition) is 0. The molecule has 0 fully saturated rings. The van der Waals surface area contributed by atoms with Crippen LogP contribution in [0.25, 0.3) is 0 Å². The molecular formula is C14H24. The Morgan fingerprint density at radius 1 is 1.43 bits per heavy atom. The van der Waals surface area contributed by atoms with E-state index in [4.69, 9.17) is 0 Å². The molecule has 0 spiro atoms. The maximum atomic E-state index is 2.48. The maximum absolute atomic E-state index is 2.48. The van der Waals surface area contributed by atoms with Crippen LogP contribution in [0.3, 0.4) is 0 Å². The molecule has 1 aliphatic rings. The molecule has 1 aliphatic carbocycles. The minimum absolute atomic E-state index is 0.752. The van der Waals surface area contributed by atoms with Gasteiger partial charge in [0.1, 0.15) is 0 Å². The summed E-state index contributed by atoms with van der Waals surface area (Å²) < 4.78 is 0. The van der Waals surface area contributed by atoms with E-state index in [-0.39, 0.29) is 0 Å². The fourth-order valence-electron chi connectivity index (χ4n) is 2.38. The van der Waals surface area contributed by atoms with E-state index < -0.39 is 0 Å². The molecule has 0 bridgehead atoms. The van der Waals surface area contributed by atoms with Crippen molar-refractivity contribution < 1.29 is 0 Å². The molecule has 80 valence electrons. The molecule has 0 aromatic heterocycles. The minimum atomic E-state index is 0.752. The van der Waals surface area contributed by atoms with Crippen LogP contribution in [-0.2, 0) is 0 Å². The summed E-state index contributed by atoms with van der Waals surface area (Å²) in [5.74, 6) is 1.52. The van der Waals surface area contributed by atoms with Gasteiger partial charge in [-0.15, -0.1) is 0 Å². The third-order valence-corrected chi connectivity index (χ3v) is 3.20. The lowest BCUT2D eigenvalue weighted by molar-refractivity contribution is 0.585. The highest BCUT2D eigenvalue weighted by molar-refractivity contribution is 5.35. The van der Waals surface area contributed by atoms with E-state index in [0.717, 1.165) is 11.8 Å². The van der Waals surface area contributed by atoms with Gasteiger partial charge in [0.15, 0.2) is 0 Å². The summed E-state index contributed by atoms with van der Waals surface area (Å²) in [5, 5.41) is 0. The van der Waals surface area contributed by atoms with Gasteiger partial charge in [-0.25, -0.2) is 0 Å². The zero-order valence-corrected chi connectivity index (χ0v) is 10.1. The molecule has 0 amide bonds. The Bertz CT molecular complexity index is 232. The van der Waals surface area contributed by atoms with E-state index in [1.807, 2.05) is 0 Å². The van der Waals surface area contributed by atoms with Gasteiger partial charge in [-0.1, -0.05) is 46.3 Å². The van der Waals surface area contributed by atoms with E-state index in [1.165, 1.54) is 25.7 Å². The number of rotatable bonds is 4. The van der Waals surface area contributed by atoms with Crippen LogP contribution in [-0.4, -0.2) is 0 Å². The lowest BCUT2D eigenvalue weighted by atomic mass is 9.82. The normalized spacial score (nSPS) is 24.1. The molecule has 0 nitrogen and oxygen atoms in total. The van der Waals surface area contributed by atoms with Gasteiger partial charge in [-0.2, -0.15) is 0 Å². The second-order valence-electron chi connectivity index (χ2n) is 4.61. The molecule has 2 unspecified atom stereocenters. The summed E-state index contributed by atoms with van der Waals surface area (Å²) in [5.41, 5.74) is 3.23. The van der Waals surface area contributed by atoms with Crippen LogP contribution in [0.15, 0.2) is 23.3 Å². The first-order chi connectivity index (χ1) is 6.69. The molecule has 1 rings (SSSR count). The van der Waals surface area contributed by atoms with Crippen molar-refractivity contribution in [1.82, 2.24) is 0 Å². The van der Waals surface area contributed by atoms with Crippen molar-refractivity contribution in [2.24, 2.45) is 11.8 Å². The highest BCUT2D eigenvalue weighted by Gasteiger charge is 2.15. The van der Waals surface area contributed by atoms with Crippen LogP contribution >= 0.6 is 0 Å². The Labute approximate surface area is 89.1 Å². The Morgan fingerprint density at radius 3 is 2.71 bits per heavy atom. The predicted octanol–water partition coefficient (Wildman–Crippen LogP) is 4.73. The largest absolute Gasteiger partial charge is 0.0802 e. The summed E-state index contributed by atoms with van der Waals surface area (Å²) in [7, 11) is 0. The smallest absolute Gasteiger partial charge is 0.0191 e. The molecule has 0 aromatic carbocycles. The molecule has 0 aromatic rings. The third kappa shape index (κ3) is 2.73. The molecule has 0 N–H and O–H groups in total. The topological polar surface area (TPSA) is 0 Å². The molecular weight excluding hydrogens is 168 g/mol. The first kappa shape index (κ1) is 11.6. The molecule has 0 radical (unpaired) electrons. The van der Waals surface area contributed by atoms with Crippen LogP contribution in [0, 0.1) is 11.8 Å². The second kappa shape index (κ2) is 5.38. The maximum Gasteiger partial charge on any atom is -0.0191 e. The van der Waals surface area contributed by atoms with Crippen molar-refractivity contribution in [3.8, 4) is 0 Å². The van der Waals surface area contributed by atoms with E-state index in [2.05, 4.69) is 39.8 Å². The van der Waals surface area contributed by atoms with Crippen molar-refractivity contribution in [2.75, 3.05) is 0 Å². The van der Waals surface area contributed by atoms with E-state index in [9.17, 15) is 0 Å². The molecule has 0 heteroatoms. The minimum Gasteiger partial charge on any atom is -0.0802 e. The van der Waals surface area contributed by atoms with Crippen molar-refractivity contribution in [3.63, 3.8) is 0 Å². The summed E-state index contributed by atoms with van der Waals surface area (Å²) in [6.45, 7) is 9.23. The van der Waals surface area contributed by atoms with Gasteiger partial charge >= 0.3 is 0 Å². The van der Waals surface area contributed by atoms with Crippen LogP contribution in [0.5, 0.6) is 0 Å². The average molecular weight is 192 g/mol. The Hall–Kier alpha value is -0.520. The standard InChI is InChI=1S/C14H24/c1-5-7-12(4)14-9-8-11(3)10-13(14)6-2/h9-12H,5-8H2,1-4H3. The Morgan fingerprint density at radius 2 is 2.14 bits per heavy atom. The van der Waals surface area contributed by atoms with Crippen molar-refractivity contribution in [3.05, 3.63) is 23.3 Å². The van der Waals surface area contributed by atoms with E-state index >= 15 is 0 Å². The van der Waals surface area contributed by atoms with Gasteiger partial charge in [-0.3, -0.25) is 0 Å². The zero-order chi connectivity index (χ0) is 10.6. The zero-order valence-electron chi connectivity index (χ0n) is 10.1. The molecule has 0 heterocycles. The first-order valence-corrected chi connectivity index (χ1v) is 6.10. The van der Waals surface area contributed by atoms with Gasteiger partial charge in [0, 0.05) is 0 Å². The van der Waals surface area contributed by atoms with Gasteiger partial charge < -0.3 is 0 Å². The highest BCUT2D eigenvalue weighted by atomic mass is 14.2. The van der Waals surface area contributed by atoms with Gasteiger partial charge in [0.05, 0.1) is 0 Å². The molecule has 14 heavy (non-hydrogen) atoms. The Kier molecular flexibility index (Phi) is 4.44. The fraction of sp³-hybridized carbons (Fsp3) is 0.714. The van der Waals surface area contributed by atoms with Crippen molar-refractivity contribution in [2.45, 2.75) is 53.4 Å². The van der Waals surface area contributed by atoms with Crippen LogP contribution < -0.4 is 0 Å². The van der Waals surface area contributed by atoms with Crippen LogP contribution in [0.4, 0.5) is 0 Å². The van der Waals surface area contributed by atoms with Gasteiger partial charge in [0.2, 0.25) is 0 Å². The third-order valence-electron chi connectivity index (χ3n) is 3.20. The number of allylic oxidation sites excluding steroid dienone is 4. The lowest BCUT2D eigenvalue weighted by Crippen LogP contribution is -2.08. The van der Waals surface area contributed by atoms with Crippen molar-refractivity contribution >= 4 is 0 Å². The lowest BCUT2D eigenvalue weighted by Gasteiger charge is -2.23.